The van der Waals surface area contributed by atoms with Crippen LogP contribution >= 0.6 is 23.4 Å². The van der Waals surface area contributed by atoms with Crippen molar-refractivity contribution in [1.29, 1.82) is 0 Å². The Bertz CT molecular complexity index is 1810. The van der Waals surface area contributed by atoms with Gasteiger partial charge >= 0.3 is 12.4 Å². The standard InChI is InChI=1S/C32H30ClF6N5O5S/c1-4-47-24-12-18(13-25(48-5-2)28(24)49-6-3)29(46)40-16-26-42-43-30(44(26)21-9-7-8-19(14-21)31(34,35)36)50-17-27(45)41-23-15-20(32(37,38)39)10-11-22(23)33/h7-15H,4-6,16-17H2,1-3H3,(H,40,46)(H,41,45). The molecule has 0 saturated heterocycles. The molecule has 0 saturated carbocycles. The number of hydrogen-bond acceptors (Lipinski definition) is 8. The summed E-state index contributed by atoms with van der Waals surface area (Å²) in [6.07, 6.45) is -9.38. The first-order chi connectivity index (χ1) is 23.7. The molecule has 0 unspecified atom stereocenters. The van der Waals surface area contributed by atoms with E-state index in [4.69, 9.17) is 25.8 Å². The monoisotopic (exact) mass is 745 g/mol. The summed E-state index contributed by atoms with van der Waals surface area (Å²) in [6.45, 7) is 5.79. The summed E-state index contributed by atoms with van der Waals surface area (Å²) in [5, 5.41) is 12.8. The van der Waals surface area contributed by atoms with Gasteiger partial charge in [0.2, 0.25) is 11.7 Å². The second kappa shape index (κ2) is 16.4. The van der Waals surface area contributed by atoms with Gasteiger partial charge in [-0.2, -0.15) is 26.3 Å². The van der Waals surface area contributed by atoms with Crippen molar-refractivity contribution >= 4 is 40.9 Å². The lowest BCUT2D eigenvalue weighted by Crippen LogP contribution is -2.25. The highest BCUT2D eigenvalue weighted by Crippen LogP contribution is 2.39. The zero-order valence-electron chi connectivity index (χ0n) is 26.7. The number of rotatable bonds is 14. The number of aromatic nitrogens is 3. The van der Waals surface area contributed by atoms with Gasteiger partial charge in [0.1, 0.15) is 0 Å². The Balaban J connectivity index is 1.61. The topological polar surface area (TPSA) is 117 Å². The normalized spacial score (nSPS) is 11.6. The van der Waals surface area contributed by atoms with Crippen molar-refractivity contribution < 1.29 is 50.1 Å². The lowest BCUT2D eigenvalue weighted by Gasteiger charge is -2.17. The van der Waals surface area contributed by atoms with Crippen LogP contribution in [0.5, 0.6) is 17.2 Å². The van der Waals surface area contributed by atoms with Crippen molar-refractivity contribution in [2.45, 2.75) is 44.8 Å². The predicted octanol–water partition coefficient (Wildman–Crippen LogP) is 7.82. The molecule has 0 radical (unpaired) electrons. The molecule has 1 heterocycles. The van der Waals surface area contributed by atoms with E-state index in [0.29, 0.717) is 18.4 Å². The van der Waals surface area contributed by atoms with Gasteiger partial charge in [-0.05, 0) is 69.3 Å². The van der Waals surface area contributed by atoms with Gasteiger partial charge in [0.15, 0.2) is 22.5 Å². The quantitative estimate of drug-likeness (QED) is 0.0992. The molecule has 0 bridgehead atoms. The highest BCUT2D eigenvalue weighted by atomic mass is 35.5. The third kappa shape index (κ3) is 9.53. The Labute approximate surface area is 291 Å². The van der Waals surface area contributed by atoms with Crippen LogP contribution in [0.3, 0.4) is 0 Å². The molecule has 2 amide bonds. The van der Waals surface area contributed by atoms with E-state index >= 15 is 0 Å². The van der Waals surface area contributed by atoms with Gasteiger partial charge in [0.05, 0.1) is 59.6 Å². The Morgan fingerprint density at radius 3 is 2.06 bits per heavy atom. The highest BCUT2D eigenvalue weighted by Gasteiger charge is 2.32. The maximum Gasteiger partial charge on any atom is 0.416 e. The third-order valence-corrected chi connectivity index (χ3v) is 7.87. The average molecular weight is 746 g/mol. The van der Waals surface area contributed by atoms with Gasteiger partial charge < -0.3 is 24.8 Å². The number of halogens is 7. The van der Waals surface area contributed by atoms with Crippen molar-refractivity contribution in [1.82, 2.24) is 20.1 Å². The van der Waals surface area contributed by atoms with E-state index in [1.807, 2.05) is 0 Å². The van der Waals surface area contributed by atoms with Crippen LogP contribution in [-0.2, 0) is 23.7 Å². The van der Waals surface area contributed by atoms with Gasteiger partial charge in [-0.25, -0.2) is 0 Å². The zero-order chi connectivity index (χ0) is 36.6. The minimum absolute atomic E-state index is 0.00232. The van der Waals surface area contributed by atoms with E-state index in [2.05, 4.69) is 20.8 Å². The van der Waals surface area contributed by atoms with E-state index in [1.54, 1.807) is 20.8 Å². The Morgan fingerprint density at radius 1 is 0.840 bits per heavy atom. The SMILES string of the molecule is CCOc1cc(C(=O)NCc2nnc(SCC(=O)Nc3cc(C(F)(F)F)ccc3Cl)n2-c2cccc(C(F)(F)F)c2)cc(OCC)c1OCC. The number of carbonyl (C=O) groups is 2. The van der Waals surface area contributed by atoms with E-state index in [-0.39, 0.29) is 64.2 Å². The molecule has 0 aliphatic rings. The molecule has 0 spiro atoms. The number of hydrogen-bond donors (Lipinski definition) is 2. The maximum absolute atomic E-state index is 13.6. The zero-order valence-corrected chi connectivity index (χ0v) is 28.2. The molecule has 4 rings (SSSR count). The van der Waals surface area contributed by atoms with Crippen LogP contribution in [0.1, 0.15) is 48.1 Å². The second-order valence-corrected chi connectivity index (χ2v) is 11.4. The van der Waals surface area contributed by atoms with Crippen LogP contribution in [0.25, 0.3) is 5.69 Å². The molecule has 4 aromatic rings. The van der Waals surface area contributed by atoms with Crippen molar-refractivity contribution in [2.24, 2.45) is 0 Å². The van der Waals surface area contributed by atoms with E-state index < -0.39 is 41.0 Å². The molecule has 0 fully saturated rings. The van der Waals surface area contributed by atoms with Crippen molar-refractivity contribution in [3.05, 3.63) is 82.1 Å². The fourth-order valence-electron chi connectivity index (χ4n) is 4.48. The first kappa shape index (κ1) is 38.2. The number of anilines is 1. The van der Waals surface area contributed by atoms with Gasteiger partial charge in [-0.1, -0.05) is 29.4 Å². The molecule has 2 N–H and O–H groups in total. The fourth-order valence-corrected chi connectivity index (χ4v) is 5.42. The first-order valence-corrected chi connectivity index (χ1v) is 16.3. The molecule has 3 aromatic carbocycles. The molecule has 50 heavy (non-hydrogen) atoms. The van der Waals surface area contributed by atoms with E-state index in [0.717, 1.165) is 36.0 Å². The summed E-state index contributed by atoms with van der Waals surface area (Å²) in [6, 6.07) is 9.57. The molecule has 268 valence electrons. The molecule has 0 aliphatic heterocycles. The number of thioether (sulfide) groups is 1. The molecule has 1 aromatic heterocycles. The summed E-state index contributed by atoms with van der Waals surface area (Å²) < 4.78 is 98.7. The number of nitrogens with one attached hydrogen (secondary N) is 2. The van der Waals surface area contributed by atoms with E-state index in [1.165, 1.54) is 28.8 Å². The van der Waals surface area contributed by atoms with Crippen molar-refractivity contribution in [3.8, 4) is 22.9 Å². The Morgan fingerprint density at radius 2 is 1.46 bits per heavy atom. The van der Waals surface area contributed by atoms with Crippen LogP contribution in [0, 0.1) is 0 Å². The van der Waals surface area contributed by atoms with Crippen LogP contribution in [0.15, 0.2) is 59.8 Å². The second-order valence-electron chi connectivity index (χ2n) is 10.1. The summed E-state index contributed by atoms with van der Waals surface area (Å²) in [5.41, 5.74) is -2.20. The molecular formula is C32H30ClF6N5O5S. The highest BCUT2D eigenvalue weighted by molar-refractivity contribution is 7.99. The number of carbonyl (C=O) groups excluding carboxylic acids is 2. The summed E-state index contributed by atoms with van der Waals surface area (Å²) in [5.74, 6) is -0.985. The van der Waals surface area contributed by atoms with Gasteiger partial charge in [0, 0.05) is 5.56 Å². The number of ether oxygens (including phenoxy) is 3. The number of alkyl halides is 6. The Hall–Kier alpha value is -4.64. The number of nitrogens with zero attached hydrogens (tertiary/aromatic N) is 3. The molecule has 10 nitrogen and oxygen atoms in total. The fraction of sp³-hybridized carbons (Fsp3) is 0.312. The van der Waals surface area contributed by atoms with Crippen LogP contribution in [0.4, 0.5) is 32.0 Å². The van der Waals surface area contributed by atoms with Crippen LogP contribution in [0.2, 0.25) is 5.02 Å². The summed E-state index contributed by atoms with van der Waals surface area (Å²) in [4.78, 5) is 26.1. The van der Waals surface area contributed by atoms with Crippen molar-refractivity contribution in [3.63, 3.8) is 0 Å². The first-order valence-electron chi connectivity index (χ1n) is 14.9. The molecular weight excluding hydrogens is 716 g/mol. The maximum atomic E-state index is 13.6. The average Bonchev–Trinajstić information content (AvgIpc) is 3.47. The molecule has 0 atom stereocenters. The summed E-state index contributed by atoms with van der Waals surface area (Å²) in [7, 11) is 0. The van der Waals surface area contributed by atoms with Crippen LogP contribution < -0.4 is 24.8 Å². The smallest absolute Gasteiger partial charge is 0.416 e. The molecule has 18 heteroatoms. The number of amides is 2. The lowest BCUT2D eigenvalue weighted by atomic mass is 10.1. The minimum Gasteiger partial charge on any atom is -0.490 e. The lowest BCUT2D eigenvalue weighted by molar-refractivity contribution is -0.138. The largest absolute Gasteiger partial charge is 0.490 e. The van der Waals surface area contributed by atoms with E-state index in [9.17, 15) is 35.9 Å². The molecule has 0 aliphatic carbocycles. The van der Waals surface area contributed by atoms with Gasteiger partial charge in [-0.3, -0.25) is 14.2 Å². The minimum atomic E-state index is -4.69. The summed E-state index contributed by atoms with van der Waals surface area (Å²) >= 11 is 6.72. The van der Waals surface area contributed by atoms with Gasteiger partial charge in [-0.15, -0.1) is 10.2 Å². The van der Waals surface area contributed by atoms with Crippen LogP contribution in [-0.4, -0.2) is 52.2 Å². The van der Waals surface area contributed by atoms with Crippen molar-refractivity contribution in [2.75, 3.05) is 30.9 Å². The van der Waals surface area contributed by atoms with Gasteiger partial charge in [0.25, 0.3) is 5.91 Å². The predicted molar refractivity (Wildman–Crippen MR) is 173 cm³/mol. The Kier molecular flexibility index (Phi) is 12.5. The third-order valence-electron chi connectivity index (χ3n) is 6.61. The number of benzene rings is 3.